The molecule has 0 aliphatic carbocycles. The van der Waals surface area contributed by atoms with E-state index >= 15 is 0 Å². The second kappa shape index (κ2) is 5.34. The number of aryl methyl sites for hydroxylation is 1. The highest BCUT2D eigenvalue weighted by atomic mass is 79.9. The van der Waals surface area contributed by atoms with E-state index in [1.807, 2.05) is 31.2 Å². The molecule has 0 unspecified atom stereocenters. The molecular formula is C12H7Br3OS. The van der Waals surface area contributed by atoms with E-state index in [4.69, 9.17) is 0 Å². The fourth-order valence-corrected chi connectivity index (χ4v) is 4.09. The lowest BCUT2D eigenvalue weighted by molar-refractivity contribution is 0.104. The van der Waals surface area contributed by atoms with E-state index in [1.165, 1.54) is 11.3 Å². The van der Waals surface area contributed by atoms with Crippen molar-refractivity contribution >= 4 is 64.9 Å². The van der Waals surface area contributed by atoms with E-state index < -0.39 is 0 Å². The summed E-state index contributed by atoms with van der Waals surface area (Å²) in [4.78, 5) is 14.1. The van der Waals surface area contributed by atoms with Crippen LogP contribution in [0.1, 0.15) is 20.1 Å². The topological polar surface area (TPSA) is 17.1 Å². The molecule has 0 N–H and O–H groups in total. The molecule has 5 heteroatoms. The molecule has 1 nitrogen and oxygen atoms in total. The highest BCUT2D eigenvalue weighted by Crippen LogP contribution is 2.30. The summed E-state index contributed by atoms with van der Waals surface area (Å²) in [6.45, 7) is 1.99. The molecule has 0 aliphatic heterocycles. The molecule has 1 heterocycles. The summed E-state index contributed by atoms with van der Waals surface area (Å²) in [6, 6.07) is 7.44. The maximum atomic E-state index is 12.3. The Kier molecular flexibility index (Phi) is 4.23. The SMILES string of the molecule is Cc1sc(C(=O)c2ccc(Br)cc2Br)cc1Br. The number of thiophene rings is 1. The Balaban J connectivity index is 2.43. The van der Waals surface area contributed by atoms with Crippen LogP contribution in [0.3, 0.4) is 0 Å². The number of carbonyl (C=O) groups is 1. The van der Waals surface area contributed by atoms with Crippen molar-refractivity contribution < 1.29 is 4.79 Å². The van der Waals surface area contributed by atoms with Crippen molar-refractivity contribution in [2.24, 2.45) is 0 Å². The van der Waals surface area contributed by atoms with Gasteiger partial charge in [0.25, 0.3) is 0 Å². The van der Waals surface area contributed by atoms with Gasteiger partial charge in [-0.15, -0.1) is 11.3 Å². The van der Waals surface area contributed by atoms with Gasteiger partial charge in [0.1, 0.15) is 0 Å². The normalized spacial score (nSPS) is 10.6. The largest absolute Gasteiger partial charge is 0.288 e. The second-order valence-corrected chi connectivity index (χ2v) is 7.35. The lowest BCUT2D eigenvalue weighted by atomic mass is 10.1. The molecule has 0 spiro atoms. The summed E-state index contributed by atoms with van der Waals surface area (Å²) in [5.74, 6) is 0.0446. The van der Waals surface area contributed by atoms with Gasteiger partial charge in [0.15, 0.2) is 0 Å². The third kappa shape index (κ3) is 2.89. The van der Waals surface area contributed by atoms with Gasteiger partial charge in [0.05, 0.1) is 4.88 Å². The Morgan fingerprint density at radius 2 is 1.82 bits per heavy atom. The molecule has 0 aliphatic rings. The van der Waals surface area contributed by atoms with Gasteiger partial charge in [-0.2, -0.15) is 0 Å². The number of ketones is 1. The van der Waals surface area contributed by atoms with E-state index in [0.29, 0.717) is 5.56 Å². The van der Waals surface area contributed by atoms with Crippen molar-refractivity contribution in [1.82, 2.24) is 0 Å². The monoisotopic (exact) mass is 436 g/mol. The zero-order valence-electron chi connectivity index (χ0n) is 8.76. The van der Waals surface area contributed by atoms with Crippen molar-refractivity contribution in [2.75, 3.05) is 0 Å². The molecule has 0 saturated carbocycles. The van der Waals surface area contributed by atoms with E-state index in [1.54, 1.807) is 0 Å². The number of hydrogen-bond donors (Lipinski definition) is 0. The maximum Gasteiger partial charge on any atom is 0.204 e. The molecule has 1 aromatic carbocycles. The van der Waals surface area contributed by atoms with E-state index in [2.05, 4.69) is 47.8 Å². The summed E-state index contributed by atoms with van der Waals surface area (Å²) in [5, 5.41) is 0. The fourth-order valence-electron chi connectivity index (χ4n) is 1.38. The Morgan fingerprint density at radius 3 is 2.35 bits per heavy atom. The molecule has 2 aromatic rings. The van der Waals surface area contributed by atoms with Crippen LogP contribution in [0.4, 0.5) is 0 Å². The van der Waals surface area contributed by atoms with Crippen LogP contribution in [0.15, 0.2) is 37.7 Å². The number of benzene rings is 1. The average molecular weight is 439 g/mol. The predicted octanol–water partition coefficient (Wildman–Crippen LogP) is 5.58. The van der Waals surface area contributed by atoms with Crippen molar-refractivity contribution in [3.63, 3.8) is 0 Å². The molecule has 0 radical (unpaired) electrons. The van der Waals surface area contributed by atoms with Crippen LogP contribution in [0.2, 0.25) is 0 Å². The van der Waals surface area contributed by atoms with Gasteiger partial charge >= 0.3 is 0 Å². The minimum absolute atomic E-state index is 0.0446. The molecule has 1 aromatic heterocycles. The zero-order chi connectivity index (χ0) is 12.6. The summed E-state index contributed by atoms with van der Waals surface area (Å²) >= 11 is 11.7. The zero-order valence-corrected chi connectivity index (χ0v) is 14.3. The van der Waals surface area contributed by atoms with Crippen LogP contribution >= 0.6 is 59.1 Å². The summed E-state index contributed by atoms with van der Waals surface area (Å²) < 4.78 is 2.74. The fraction of sp³-hybridized carbons (Fsp3) is 0.0833. The molecule has 2 rings (SSSR count). The predicted molar refractivity (Wildman–Crippen MR) is 82.0 cm³/mol. The van der Waals surface area contributed by atoms with Crippen LogP contribution in [0.5, 0.6) is 0 Å². The molecule has 17 heavy (non-hydrogen) atoms. The lowest BCUT2D eigenvalue weighted by Crippen LogP contribution is -1.99. The van der Waals surface area contributed by atoms with Crippen LogP contribution in [-0.2, 0) is 0 Å². The third-order valence-electron chi connectivity index (χ3n) is 2.26. The van der Waals surface area contributed by atoms with Gasteiger partial charge in [-0.3, -0.25) is 4.79 Å². The summed E-state index contributed by atoms with van der Waals surface area (Å²) in [7, 11) is 0. The van der Waals surface area contributed by atoms with E-state index in [-0.39, 0.29) is 5.78 Å². The molecule has 0 saturated heterocycles. The molecule has 88 valence electrons. The van der Waals surface area contributed by atoms with E-state index in [9.17, 15) is 4.79 Å². The Bertz CT molecular complexity index is 570. The Hall–Kier alpha value is 0.0300. The molecule has 0 amide bonds. The third-order valence-corrected chi connectivity index (χ3v) is 5.54. The quantitative estimate of drug-likeness (QED) is 0.560. The molecular weight excluding hydrogens is 432 g/mol. The van der Waals surface area contributed by atoms with Gasteiger partial charge < -0.3 is 0 Å². The van der Waals surface area contributed by atoms with Crippen molar-refractivity contribution in [3.8, 4) is 0 Å². The van der Waals surface area contributed by atoms with Gasteiger partial charge in [0, 0.05) is 23.9 Å². The smallest absolute Gasteiger partial charge is 0.204 e. The number of carbonyl (C=O) groups excluding carboxylic acids is 1. The van der Waals surface area contributed by atoms with Crippen LogP contribution in [-0.4, -0.2) is 5.78 Å². The van der Waals surface area contributed by atoms with Crippen molar-refractivity contribution in [1.29, 1.82) is 0 Å². The first-order chi connectivity index (χ1) is 7.99. The first-order valence-corrected chi connectivity index (χ1v) is 7.94. The van der Waals surface area contributed by atoms with Crippen molar-refractivity contribution in [2.45, 2.75) is 6.92 Å². The lowest BCUT2D eigenvalue weighted by Gasteiger charge is -2.02. The van der Waals surface area contributed by atoms with Gasteiger partial charge in [-0.1, -0.05) is 15.9 Å². The molecule has 0 fully saturated rings. The van der Waals surface area contributed by atoms with Gasteiger partial charge in [-0.25, -0.2) is 0 Å². The van der Waals surface area contributed by atoms with Crippen LogP contribution in [0.25, 0.3) is 0 Å². The maximum absolute atomic E-state index is 12.3. The van der Waals surface area contributed by atoms with Gasteiger partial charge in [-0.05, 0) is 63.0 Å². The first-order valence-electron chi connectivity index (χ1n) is 4.74. The number of rotatable bonds is 2. The Morgan fingerprint density at radius 1 is 1.12 bits per heavy atom. The first kappa shape index (κ1) is 13.5. The molecule has 0 atom stereocenters. The average Bonchev–Trinajstić information content (AvgIpc) is 2.58. The minimum atomic E-state index is 0.0446. The van der Waals surface area contributed by atoms with Crippen molar-refractivity contribution in [3.05, 3.63) is 53.0 Å². The minimum Gasteiger partial charge on any atom is -0.288 e. The van der Waals surface area contributed by atoms with Crippen LogP contribution < -0.4 is 0 Å². The summed E-state index contributed by atoms with van der Waals surface area (Å²) in [6.07, 6.45) is 0. The van der Waals surface area contributed by atoms with Gasteiger partial charge in [0.2, 0.25) is 5.78 Å². The number of hydrogen-bond acceptors (Lipinski definition) is 2. The van der Waals surface area contributed by atoms with Crippen LogP contribution in [0, 0.1) is 6.92 Å². The highest BCUT2D eigenvalue weighted by molar-refractivity contribution is 9.11. The molecule has 0 bridgehead atoms. The number of halogens is 3. The Labute approximate surface area is 129 Å². The second-order valence-electron chi connectivity index (χ2n) is 3.47. The standard InChI is InChI=1S/C12H7Br3OS/c1-6-9(14)5-11(17-6)12(16)8-3-2-7(13)4-10(8)15/h2-5H,1H3. The van der Waals surface area contributed by atoms with E-state index in [0.717, 1.165) is 23.2 Å². The highest BCUT2D eigenvalue weighted by Gasteiger charge is 2.16. The summed E-state index contributed by atoms with van der Waals surface area (Å²) in [5.41, 5.74) is 0.682.